The van der Waals surface area contributed by atoms with Crippen LogP contribution in [0.15, 0.2) is 16.9 Å². The lowest BCUT2D eigenvalue weighted by molar-refractivity contribution is 0.0905. The van der Waals surface area contributed by atoms with Gasteiger partial charge in [-0.1, -0.05) is 12.1 Å². The molecule has 1 heterocycles. The number of carbonyl (C=O) groups is 1. The summed E-state index contributed by atoms with van der Waals surface area (Å²) in [5.74, 6) is -0.332. The van der Waals surface area contributed by atoms with Crippen molar-refractivity contribution >= 4 is 5.91 Å². The highest BCUT2D eigenvalue weighted by Crippen LogP contribution is 1.94. The molecule has 1 aromatic heterocycles. The van der Waals surface area contributed by atoms with Gasteiger partial charge in [0.05, 0.1) is 6.10 Å². The summed E-state index contributed by atoms with van der Waals surface area (Å²) in [4.78, 5) is 11.2. The van der Waals surface area contributed by atoms with Gasteiger partial charge in [0.2, 0.25) is 0 Å². The van der Waals surface area contributed by atoms with E-state index in [9.17, 15) is 4.79 Å². The molecule has 5 heteroatoms. The van der Waals surface area contributed by atoms with Gasteiger partial charge in [0.15, 0.2) is 5.69 Å². The number of aliphatic hydroxyl groups is 1. The van der Waals surface area contributed by atoms with Gasteiger partial charge in [0, 0.05) is 12.6 Å². The van der Waals surface area contributed by atoms with Crippen LogP contribution >= 0.6 is 0 Å². The van der Waals surface area contributed by atoms with Crippen LogP contribution in [0, 0.1) is 0 Å². The number of carbonyl (C=O) groups excluding carboxylic acids is 1. The van der Waals surface area contributed by atoms with Gasteiger partial charge in [-0.3, -0.25) is 4.79 Å². The quantitative estimate of drug-likeness (QED) is 0.699. The Morgan fingerprint density at radius 3 is 3.15 bits per heavy atom. The van der Waals surface area contributed by atoms with Gasteiger partial charge >= 0.3 is 0 Å². The summed E-state index contributed by atoms with van der Waals surface area (Å²) >= 11 is 0. The number of rotatable bonds is 4. The van der Waals surface area contributed by atoms with Crippen molar-refractivity contribution in [3.8, 4) is 0 Å². The summed E-state index contributed by atoms with van der Waals surface area (Å²) in [7, 11) is 0. The van der Waals surface area contributed by atoms with Gasteiger partial charge in [0.1, 0.15) is 6.26 Å². The van der Waals surface area contributed by atoms with Gasteiger partial charge in [-0.05, 0) is 6.42 Å². The normalized spacial score (nSPS) is 12.5. The zero-order valence-electron chi connectivity index (χ0n) is 7.36. The topological polar surface area (TPSA) is 75.4 Å². The molecule has 0 fully saturated rings. The van der Waals surface area contributed by atoms with E-state index >= 15 is 0 Å². The molecule has 5 nitrogen and oxygen atoms in total. The number of hydrogen-bond acceptors (Lipinski definition) is 4. The minimum atomic E-state index is -0.504. The van der Waals surface area contributed by atoms with Crippen molar-refractivity contribution < 1.29 is 14.4 Å². The highest BCUT2D eigenvalue weighted by Gasteiger charge is 2.09. The Bertz CT molecular complexity index is 258. The second-order valence-corrected chi connectivity index (χ2v) is 2.66. The zero-order chi connectivity index (χ0) is 9.68. The summed E-state index contributed by atoms with van der Waals surface area (Å²) in [6.07, 6.45) is 1.43. The molecule has 0 saturated heterocycles. The average Bonchev–Trinajstić information content (AvgIpc) is 2.66. The van der Waals surface area contributed by atoms with Gasteiger partial charge in [-0.15, -0.1) is 0 Å². The van der Waals surface area contributed by atoms with E-state index in [0.29, 0.717) is 6.42 Å². The fourth-order valence-corrected chi connectivity index (χ4v) is 0.775. The van der Waals surface area contributed by atoms with Crippen LogP contribution in [-0.2, 0) is 0 Å². The highest BCUT2D eigenvalue weighted by atomic mass is 16.5. The van der Waals surface area contributed by atoms with Crippen LogP contribution in [-0.4, -0.2) is 28.8 Å². The molecule has 1 amide bonds. The third-order valence-electron chi connectivity index (χ3n) is 1.64. The smallest absolute Gasteiger partial charge is 0.273 e. The van der Waals surface area contributed by atoms with Crippen molar-refractivity contribution in [1.29, 1.82) is 0 Å². The molecule has 1 rings (SSSR count). The number of aromatic nitrogens is 1. The highest BCUT2D eigenvalue weighted by molar-refractivity contribution is 5.91. The lowest BCUT2D eigenvalue weighted by Gasteiger charge is -2.07. The molecule has 0 aliphatic heterocycles. The van der Waals surface area contributed by atoms with Crippen LogP contribution in [0.25, 0.3) is 0 Å². The summed E-state index contributed by atoms with van der Waals surface area (Å²) in [6.45, 7) is 2.08. The maximum atomic E-state index is 11.2. The van der Waals surface area contributed by atoms with Gasteiger partial charge in [-0.2, -0.15) is 0 Å². The van der Waals surface area contributed by atoms with E-state index in [1.54, 1.807) is 0 Å². The van der Waals surface area contributed by atoms with E-state index in [0.717, 1.165) is 0 Å². The fraction of sp³-hybridized carbons (Fsp3) is 0.500. The molecule has 0 aliphatic carbocycles. The van der Waals surface area contributed by atoms with Gasteiger partial charge < -0.3 is 14.9 Å². The van der Waals surface area contributed by atoms with Gasteiger partial charge in [0.25, 0.3) is 5.91 Å². The van der Waals surface area contributed by atoms with E-state index < -0.39 is 6.10 Å². The second-order valence-electron chi connectivity index (χ2n) is 2.66. The van der Waals surface area contributed by atoms with E-state index in [2.05, 4.69) is 15.0 Å². The predicted molar refractivity (Wildman–Crippen MR) is 45.1 cm³/mol. The van der Waals surface area contributed by atoms with Crippen LogP contribution in [0.2, 0.25) is 0 Å². The Hall–Kier alpha value is -1.36. The lowest BCUT2D eigenvalue weighted by atomic mass is 10.3. The Morgan fingerprint density at radius 2 is 2.62 bits per heavy atom. The van der Waals surface area contributed by atoms with E-state index in [1.165, 1.54) is 12.3 Å². The number of hydrogen-bond donors (Lipinski definition) is 2. The van der Waals surface area contributed by atoms with Crippen molar-refractivity contribution in [3.05, 3.63) is 18.0 Å². The molecule has 0 saturated carbocycles. The number of nitrogens with one attached hydrogen (secondary N) is 1. The molecule has 2 N–H and O–H groups in total. The molecule has 0 spiro atoms. The van der Waals surface area contributed by atoms with E-state index in [4.69, 9.17) is 5.11 Å². The first kappa shape index (κ1) is 9.73. The number of aliphatic hydroxyl groups excluding tert-OH is 1. The summed E-state index contributed by atoms with van der Waals surface area (Å²) in [5, 5.41) is 15.1. The molecule has 1 unspecified atom stereocenters. The Morgan fingerprint density at radius 1 is 1.85 bits per heavy atom. The zero-order valence-corrected chi connectivity index (χ0v) is 7.36. The average molecular weight is 184 g/mol. The molecule has 13 heavy (non-hydrogen) atoms. The minimum Gasteiger partial charge on any atom is -0.391 e. The maximum absolute atomic E-state index is 11.2. The van der Waals surface area contributed by atoms with Gasteiger partial charge in [-0.25, -0.2) is 0 Å². The predicted octanol–water partition coefficient (Wildman–Crippen LogP) is 0.175. The van der Waals surface area contributed by atoms with Crippen molar-refractivity contribution in [2.45, 2.75) is 19.4 Å². The first-order chi connectivity index (χ1) is 6.24. The summed E-state index contributed by atoms with van der Waals surface area (Å²) in [5.41, 5.74) is 0.225. The number of amides is 1. The van der Waals surface area contributed by atoms with Crippen molar-refractivity contribution in [3.63, 3.8) is 0 Å². The molecular formula is C8H12N2O3. The molecular weight excluding hydrogens is 172 g/mol. The minimum absolute atomic E-state index is 0.225. The first-order valence-electron chi connectivity index (χ1n) is 4.10. The largest absolute Gasteiger partial charge is 0.391 e. The summed E-state index contributed by atoms with van der Waals surface area (Å²) in [6, 6.07) is 1.47. The van der Waals surface area contributed by atoms with Crippen LogP contribution in [0.3, 0.4) is 0 Å². The third-order valence-corrected chi connectivity index (χ3v) is 1.64. The standard InChI is InChI=1S/C8H12N2O3/c1-2-6(11)5-9-8(12)7-3-4-13-10-7/h3-4,6,11H,2,5H2,1H3,(H,9,12). The van der Waals surface area contributed by atoms with Crippen LogP contribution < -0.4 is 5.32 Å². The molecule has 0 aromatic carbocycles. The maximum Gasteiger partial charge on any atom is 0.273 e. The van der Waals surface area contributed by atoms with Crippen molar-refractivity contribution in [2.24, 2.45) is 0 Å². The molecule has 1 atom stereocenters. The lowest BCUT2D eigenvalue weighted by Crippen LogP contribution is -2.31. The molecule has 1 aromatic rings. The molecule has 0 radical (unpaired) electrons. The SMILES string of the molecule is CCC(O)CNC(=O)c1ccon1. The van der Waals surface area contributed by atoms with Crippen molar-refractivity contribution in [1.82, 2.24) is 10.5 Å². The molecule has 72 valence electrons. The third kappa shape index (κ3) is 2.87. The Labute approximate surface area is 75.7 Å². The van der Waals surface area contributed by atoms with Crippen LogP contribution in [0.4, 0.5) is 0 Å². The first-order valence-corrected chi connectivity index (χ1v) is 4.10. The van der Waals surface area contributed by atoms with Crippen molar-refractivity contribution in [2.75, 3.05) is 6.54 Å². The molecule has 0 aliphatic rings. The fourth-order valence-electron chi connectivity index (χ4n) is 0.775. The monoisotopic (exact) mass is 184 g/mol. The van der Waals surface area contributed by atoms with Crippen LogP contribution in [0.5, 0.6) is 0 Å². The second kappa shape index (κ2) is 4.61. The number of nitrogens with zero attached hydrogens (tertiary/aromatic N) is 1. The Kier molecular flexibility index (Phi) is 3.45. The Balaban J connectivity index is 2.35. The van der Waals surface area contributed by atoms with E-state index in [1.807, 2.05) is 6.92 Å². The molecule has 0 bridgehead atoms. The van der Waals surface area contributed by atoms with E-state index in [-0.39, 0.29) is 18.1 Å². The summed E-state index contributed by atoms with van der Waals surface area (Å²) < 4.78 is 4.50. The van der Waals surface area contributed by atoms with Crippen LogP contribution in [0.1, 0.15) is 23.8 Å².